The molecule has 1 N–H and O–H groups in total. The predicted octanol–water partition coefficient (Wildman–Crippen LogP) is 4.25. The molecule has 160 valence electrons. The van der Waals surface area contributed by atoms with Crippen LogP contribution in [0.1, 0.15) is 47.0 Å². The lowest BCUT2D eigenvalue weighted by Crippen LogP contribution is -2.37. The van der Waals surface area contributed by atoms with Gasteiger partial charge in [0.1, 0.15) is 5.75 Å². The summed E-state index contributed by atoms with van der Waals surface area (Å²) in [5, 5.41) is 10.5. The van der Waals surface area contributed by atoms with Crippen molar-refractivity contribution in [2.24, 2.45) is 5.92 Å². The first kappa shape index (κ1) is 21.3. The summed E-state index contributed by atoms with van der Waals surface area (Å²) in [7, 11) is 1.71. The molecule has 2 aromatic carbocycles. The molecule has 0 aliphatic carbocycles. The summed E-state index contributed by atoms with van der Waals surface area (Å²) in [6, 6.07) is 13.5. The summed E-state index contributed by atoms with van der Waals surface area (Å²) in [4.78, 5) is 16.6. The fourth-order valence-electron chi connectivity index (χ4n) is 4.60. The molecule has 0 spiro atoms. The number of aliphatic hydroxyl groups is 1. The van der Waals surface area contributed by atoms with Gasteiger partial charge in [-0.05, 0) is 81.1 Å². The van der Waals surface area contributed by atoms with Gasteiger partial charge in [-0.3, -0.25) is 4.79 Å². The zero-order valence-corrected chi connectivity index (χ0v) is 19.0. The normalized spacial score (nSPS) is 19.9. The minimum atomic E-state index is -0.805. The second kappa shape index (κ2) is 9.50. The van der Waals surface area contributed by atoms with Gasteiger partial charge in [0.25, 0.3) is 5.91 Å². The van der Waals surface area contributed by atoms with Crippen molar-refractivity contribution in [3.63, 3.8) is 0 Å². The van der Waals surface area contributed by atoms with E-state index >= 15 is 0 Å². The number of hydrogen-bond donors (Lipinski definition) is 1. The highest BCUT2D eigenvalue weighted by Gasteiger charge is 2.34. The first-order valence-corrected chi connectivity index (χ1v) is 11.5. The molecule has 4 rings (SSSR count). The maximum absolute atomic E-state index is 12.5. The largest absolute Gasteiger partial charge is 0.497 e. The Balaban J connectivity index is 1.22. The first-order chi connectivity index (χ1) is 14.6. The van der Waals surface area contributed by atoms with E-state index in [2.05, 4.69) is 33.0 Å². The second-order valence-electron chi connectivity index (χ2n) is 8.26. The molecular weight excluding hydrogens is 444 g/mol. The number of fused-ring (bicyclic) bond motifs is 1. The molecule has 1 saturated heterocycles. The van der Waals surface area contributed by atoms with E-state index in [4.69, 9.17) is 4.74 Å². The summed E-state index contributed by atoms with van der Waals surface area (Å²) in [6.07, 6.45) is 3.50. The van der Waals surface area contributed by atoms with E-state index in [1.54, 1.807) is 18.1 Å². The average molecular weight is 473 g/mol. The number of piperidine rings is 1. The molecule has 1 fully saturated rings. The topological polar surface area (TPSA) is 53.0 Å². The summed E-state index contributed by atoms with van der Waals surface area (Å²) >= 11 is 3.67. The van der Waals surface area contributed by atoms with Gasteiger partial charge in [-0.15, -0.1) is 0 Å². The van der Waals surface area contributed by atoms with Crippen LogP contribution in [-0.2, 0) is 6.42 Å². The minimum absolute atomic E-state index is 0.0549. The minimum Gasteiger partial charge on any atom is -0.497 e. The number of ether oxygens (including phenoxy) is 1. The average Bonchev–Trinajstić information content (AvgIpc) is 3.01. The Labute approximate surface area is 186 Å². The number of hydrogen-bond acceptors (Lipinski definition) is 4. The Kier molecular flexibility index (Phi) is 6.76. The van der Waals surface area contributed by atoms with Crippen LogP contribution in [-0.4, -0.2) is 54.1 Å². The van der Waals surface area contributed by atoms with E-state index in [1.165, 1.54) is 18.4 Å². The smallest absolute Gasteiger partial charge is 0.256 e. The molecule has 0 saturated carbocycles. The summed E-state index contributed by atoms with van der Waals surface area (Å²) in [5.74, 6) is 1.54. The third kappa shape index (κ3) is 4.56. The molecule has 1 atom stereocenters. The van der Waals surface area contributed by atoms with Gasteiger partial charge < -0.3 is 19.6 Å². The monoisotopic (exact) mass is 472 g/mol. The highest BCUT2D eigenvalue weighted by atomic mass is 79.9. The van der Waals surface area contributed by atoms with Crippen LogP contribution in [0.2, 0.25) is 0 Å². The number of amides is 1. The van der Waals surface area contributed by atoms with Crippen LogP contribution in [0, 0.1) is 5.92 Å². The molecule has 0 bridgehead atoms. The van der Waals surface area contributed by atoms with Crippen LogP contribution in [0.25, 0.3) is 0 Å². The third-order valence-electron chi connectivity index (χ3n) is 6.37. The Morgan fingerprint density at radius 3 is 2.63 bits per heavy atom. The Morgan fingerprint density at radius 2 is 1.90 bits per heavy atom. The molecule has 2 aliphatic heterocycles. The van der Waals surface area contributed by atoms with Gasteiger partial charge >= 0.3 is 0 Å². The lowest BCUT2D eigenvalue weighted by atomic mass is 9.90. The number of halogens is 1. The van der Waals surface area contributed by atoms with E-state index < -0.39 is 6.23 Å². The van der Waals surface area contributed by atoms with Crippen molar-refractivity contribution >= 4 is 21.8 Å². The number of nitrogens with zero attached hydrogens (tertiary/aromatic N) is 2. The van der Waals surface area contributed by atoms with Crippen molar-refractivity contribution in [3.8, 4) is 5.75 Å². The number of rotatable bonds is 7. The van der Waals surface area contributed by atoms with Crippen LogP contribution in [0.3, 0.4) is 0 Å². The Morgan fingerprint density at radius 1 is 1.13 bits per heavy atom. The van der Waals surface area contributed by atoms with Gasteiger partial charge in [-0.25, -0.2) is 0 Å². The predicted molar refractivity (Wildman–Crippen MR) is 121 cm³/mol. The van der Waals surface area contributed by atoms with Crippen molar-refractivity contribution in [3.05, 3.63) is 63.6 Å². The van der Waals surface area contributed by atoms with E-state index in [9.17, 15) is 9.90 Å². The highest BCUT2D eigenvalue weighted by molar-refractivity contribution is 9.10. The number of methoxy groups -OCH3 is 1. The Hall–Kier alpha value is -1.89. The lowest BCUT2D eigenvalue weighted by molar-refractivity contribution is 0.0157. The second-order valence-corrected chi connectivity index (χ2v) is 9.11. The van der Waals surface area contributed by atoms with Gasteiger partial charge in [0.15, 0.2) is 6.23 Å². The standard InChI is InChI=1S/C24H29BrN2O3/c1-30-19-7-8-22(25)18(16-19)15-17-9-13-26(14-10-17)11-4-12-27-23(28)20-5-2-3-6-21(20)24(27)29/h2-3,5-8,16-17,23,28H,4,9-15H2,1H3. The van der Waals surface area contributed by atoms with Crippen LogP contribution >= 0.6 is 15.9 Å². The highest BCUT2D eigenvalue weighted by Crippen LogP contribution is 2.32. The van der Waals surface area contributed by atoms with E-state index in [0.717, 1.165) is 48.3 Å². The number of carbonyl (C=O) groups is 1. The number of benzene rings is 2. The van der Waals surface area contributed by atoms with Crippen LogP contribution in [0.5, 0.6) is 5.75 Å². The molecule has 2 aromatic rings. The molecule has 30 heavy (non-hydrogen) atoms. The van der Waals surface area contributed by atoms with Crippen molar-refractivity contribution in [1.82, 2.24) is 9.80 Å². The van der Waals surface area contributed by atoms with E-state index in [1.807, 2.05) is 24.3 Å². The number of likely N-dealkylation sites (tertiary alicyclic amines) is 1. The molecule has 2 aliphatic rings. The SMILES string of the molecule is COc1ccc(Br)c(CC2CCN(CCCN3C(=O)c4ccccc4C3O)CC2)c1. The summed E-state index contributed by atoms with van der Waals surface area (Å²) in [6.45, 7) is 3.72. The van der Waals surface area contributed by atoms with Gasteiger partial charge in [0.2, 0.25) is 0 Å². The maximum Gasteiger partial charge on any atom is 0.256 e. The van der Waals surface area contributed by atoms with E-state index in [0.29, 0.717) is 18.0 Å². The van der Waals surface area contributed by atoms with Gasteiger partial charge in [-0.1, -0.05) is 34.1 Å². The summed E-state index contributed by atoms with van der Waals surface area (Å²) < 4.78 is 6.52. The van der Waals surface area contributed by atoms with Gasteiger partial charge in [-0.2, -0.15) is 0 Å². The molecule has 0 radical (unpaired) electrons. The molecule has 2 heterocycles. The van der Waals surface area contributed by atoms with Crippen LogP contribution in [0.4, 0.5) is 0 Å². The zero-order chi connectivity index (χ0) is 21.1. The fraction of sp³-hybridized carbons (Fsp3) is 0.458. The fourth-order valence-corrected chi connectivity index (χ4v) is 5.01. The van der Waals surface area contributed by atoms with E-state index in [-0.39, 0.29) is 5.91 Å². The molecule has 5 nitrogen and oxygen atoms in total. The molecular formula is C24H29BrN2O3. The molecule has 6 heteroatoms. The molecule has 1 amide bonds. The quantitative estimate of drug-likeness (QED) is 0.654. The van der Waals surface area contributed by atoms with Gasteiger partial charge in [0, 0.05) is 22.1 Å². The van der Waals surface area contributed by atoms with Crippen molar-refractivity contribution < 1.29 is 14.6 Å². The maximum atomic E-state index is 12.5. The zero-order valence-electron chi connectivity index (χ0n) is 17.4. The van der Waals surface area contributed by atoms with Crippen molar-refractivity contribution in [2.75, 3.05) is 33.3 Å². The lowest BCUT2D eigenvalue weighted by Gasteiger charge is -2.32. The number of aliphatic hydroxyl groups excluding tert-OH is 1. The Bertz CT molecular complexity index is 896. The van der Waals surface area contributed by atoms with Crippen LogP contribution in [0.15, 0.2) is 46.9 Å². The van der Waals surface area contributed by atoms with Crippen LogP contribution < -0.4 is 4.74 Å². The van der Waals surface area contributed by atoms with Crippen molar-refractivity contribution in [1.29, 1.82) is 0 Å². The third-order valence-corrected chi connectivity index (χ3v) is 7.14. The number of carbonyl (C=O) groups excluding carboxylic acids is 1. The molecule has 1 unspecified atom stereocenters. The van der Waals surface area contributed by atoms with Gasteiger partial charge in [0.05, 0.1) is 7.11 Å². The first-order valence-electron chi connectivity index (χ1n) is 10.7. The molecule has 0 aromatic heterocycles. The van der Waals surface area contributed by atoms with Crippen molar-refractivity contribution in [2.45, 2.75) is 31.9 Å². The summed E-state index contributed by atoms with van der Waals surface area (Å²) in [5.41, 5.74) is 2.68.